The van der Waals surface area contributed by atoms with Crippen molar-refractivity contribution < 1.29 is 5.21 Å². The summed E-state index contributed by atoms with van der Waals surface area (Å²) in [4.78, 5) is 12.9. The number of hydrogen-bond acceptors (Lipinski definition) is 6. The quantitative estimate of drug-likeness (QED) is 0.277. The largest absolute Gasteiger partial charge is 0.409 e. The third-order valence-electron chi connectivity index (χ3n) is 1.88. The van der Waals surface area contributed by atoms with E-state index in [1.54, 1.807) is 18.5 Å². The van der Waals surface area contributed by atoms with Crippen molar-refractivity contribution in [2.45, 2.75) is 9.92 Å². The van der Waals surface area contributed by atoms with Crippen molar-refractivity contribution in [3.63, 3.8) is 0 Å². The fourth-order valence-corrected chi connectivity index (χ4v) is 1.81. The van der Waals surface area contributed by atoms with Gasteiger partial charge < -0.3 is 10.9 Å². The number of aromatic nitrogens is 3. The maximum Gasteiger partial charge on any atom is 0.188 e. The summed E-state index contributed by atoms with van der Waals surface area (Å²) in [6.45, 7) is 0. The predicted molar refractivity (Wildman–Crippen MR) is 62.9 cm³/mol. The van der Waals surface area contributed by atoms with Gasteiger partial charge in [0.1, 0.15) is 17.0 Å². The molecule has 0 aliphatic heterocycles. The van der Waals surface area contributed by atoms with E-state index in [4.69, 9.17) is 10.9 Å². The van der Waals surface area contributed by atoms with Gasteiger partial charge in [0.15, 0.2) is 5.84 Å². The van der Waals surface area contributed by atoms with Crippen molar-refractivity contribution in [2.75, 3.05) is 0 Å². The lowest BCUT2D eigenvalue weighted by molar-refractivity contribution is 0.318. The minimum absolute atomic E-state index is 0.0106. The summed E-state index contributed by atoms with van der Waals surface area (Å²) >= 11 is 1.46. The van der Waals surface area contributed by atoms with E-state index in [0.29, 0.717) is 5.69 Å². The molecule has 17 heavy (non-hydrogen) atoms. The van der Waals surface area contributed by atoms with E-state index in [0.717, 1.165) is 9.92 Å². The molecule has 2 aromatic rings. The Morgan fingerprint density at radius 2 is 2.18 bits per heavy atom. The summed E-state index contributed by atoms with van der Waals surface area (Å²) in [5.41, 5.74) is 5.84. The summed E-state index contributed by atoms with van der Waals surface area (Å²) in [5.74, 6) is -0.0106. The van der Waals surface area contributed by atoms with Crippen LogP contribution in [0.4, 0.5) is 0 Å². The van der Waals surface area contributed by atoms with Crippen LogP contribution in [0.2, 0.25) is 0 Å². The van der Waals surface area contributed by atoms with E-state index in [9.17, 15) is 0 Å². The van der Waals surface area contributed by atoms with E-state index in [-0.39, 0.29) is 5.84 Å². The van der Waals surface area contributed by atoms with Crippen LogP contribution < -0.4 is 5.73 Å². The molecule has 86 valence electrons. The average Bonchev–Trinajstić information content (AvgIpc) is 2.40. The van der Waals surface area contributed by atoms with Crippen LogP contribution in [-0.2, 0) is 0 Å². The van der Waals surface area contributed by atoms with Crippen LogP contribution in [0.5, 0.6) is 0 Å². The molecule has 0 aliphatic rings. The molecule has 0 spiro atoms. The molecular weight excluding hydrogens is 238 g/mol. The molecule has 7 heteroatoms. The van der Waals surface area contributed by atoms with Gasteiger partial charge in [-0.25, -0.2) is 9.97 Å². The molecule has 0 radical (unpaired) electrons. The lowest BCUT2D eigenvalue weighted by Crippen LogP contribution is -2.14. The number of nitrogens with two attached hydrogens (primary N) is 1. The minimum Gasteiger partial charge on any atom is -0.409 e. The van der Waals surface area contributed by atoms with Crippen molar-refractivity contribution >= 4 is 17.6 Å². The van der Waals surface area contributed by atoms with Crippen molar-refractivity contribution in [1.82, 2.24) is 15.0 Å². The highest BCUT2D eigenvalue weighted by molar-refractivity contribution is 7.99. The summed E-state index contributed by atoms with van der Waals surface area (Å²) in [6.07, 6.45) is 4.80. The Hall–Kier alpha value is -2.15. The Balaban J connectivity index is 2.14. The van der Waals surface area contributed by atoms with Crippen LogP contribution in [0.1, 0.15) is 5.69 Å². The van der Waals surface area contributed by atoms with E-state index in [1.165, 1.54) is 18.1 Å². The maximum atomic E-state index is 8.49. The molecule has 2 aromatic heterocycles. The van der Waals surface area contributed by atoms with Gasteiger partial charge in [-0.1, -0.05) is 16.9 Å². The number of rotatable bonds is 3. The van der Waals surface area contributed by atoms with Crippen LogP contribution in [0.3, 0.4) is 0 Å². The monoisotopic (exact) mass is 247 g/mol. The highest BCUT2D eigenvalue weighted by Crippen LogP contribution is 2.24. The predicted octanol–water partition coefficient (Wildman–Crippen LogP) is 1.12. The smallest absolute Gasteiger partial charge is 0.188 e. The molecule has 0 unspecified atom stereocenters. The zero-order valence-electron chi connectivity index (χ0n) is 8.69. The Morgan fingerprint density at radius 3 is 2.76 bits per heavy atom. The summed E-state index contributed by atoms with van der Waals surface area (Å²) in [7, 11) is 0. The highest BCUT2D eigenvalue weighted by Gasteiger charge is 2.02. The van der Waals surface area contributed by atoms with Gasteiger partial charge >= 0.3 is 0 Å². The first-order chi connectivity index (χ1) is 8.29. The molecule has 0 saturated heterocycles. The van der Waals surface area contributed by atoms with Gasteiger partial charge in [0.2, 0.25) is 0 Å². The Kier molecular flexibility index (Phi) is 3.51. The van der Waals surface area contributed by atoms with E-state index in [1.807, 2.05) is 12.1 Å². The van der Waals surface area contributed by atoms with Crippen LogP contribution in [-0.4, -0.2) is 26.0 Å². The summed E-state index contributed by atoms with van der Waals surface area (Å²) < 4.78 is 0. The molecule has 0 atom stereocenters. The second-order valence-electron chi connectivity index (χ2n) is 3.01. The number of amidine groups is 1. The topological polar surface area (TPSA) is 97.3 Å². The highest BCUT2D eigenvalue weighted by atomic mass is 32.2. The van der Waals surface area contributed by atoms with Gasteiger partial charge in [-0.2, -0.15) is 0 Å². The van der Waals surface area contributed by atoms with Crippen LogP contribution in [0.15, 0.2) is 52.0 Å². The third-order valence-corrected chi connectivity index (χ3v) is 2.81. The van der Waals surface area contributed by atoms with Crippen LogP contribution in [0.25, 0.3) is 0 Å². The second kappa shape index (κ2) is 5.26. The fourth-order valence-electron chi connectivity index (χ4n) is 1.10. The number of hydrogen-bond donors (Lipinski definition) is 2. The first-order valence-electron chi connectivity index (χ1n) is 4.67. The number of pyridine rings is 1. The van der Waals surface area contributed by atoms with Crippen molar-refractivity contribution in [3.05, 3.63) is 42.6 Å². The molecule has 0 fully saturated rings. The number of nitrogens with zero attached hydrogens (tertiary/aromatic N) is 4. The molecule has 0 aliphatic carbocycles. The molecule has 6 nitrogen and oxygen atoms in total. The minimum atomic E-state index is -0.0106. The summed E-state index contributed by atoms with van der Waals surface area (Å²) in [5, 5.41) is 12.2. The normalized spacial score (nSPS) is 11.4. The first kappa shape index (κ1) is 11.3. The molecule has 0 saturated carbocycles. The Morgan fingerprint density at radius 1 is 1.29 bits per heavy atom. The molecule has 2 heterocycles. The second-order valence-corrected chi connectivity index (χ2v) is 4.11. The lowest BCUT2D eigenvalue weighted by Gasteiger charge is -2.01. The first-order valence-corrected chi connectivity index (χ1v) is 5.49. The molecule has 0 bridgehead atoms. The Bertz CT molecular complexity index is 514. The molecular formula is C10H9N5OS. The van der Waals surface area contributed by atoms with Gasteiger partial charge in [0, 0.05) is 17.3 Å². The van der Waals surface area contributed by atoms with E-state index in [2.05, 4.69) is 20.1 Å². The lowest BCUT2D eigenvalue weighted by atomic mass is 10.3. The van der Waals surface area contributed by atoms with Crippen molar-refractivity contribution in [3.8, 4) is 0 Å². The SMILES string of the molecule is N/C(=N/O)c1ccc(Sc2ccncn2)cn1. The van der Waals surface area contributed by atoms with Crippen molar-refractivity contribution in [1.29, 1.82) is 0 Å². The zero-order chi connectivity index (χ0) is 12.1. The van der Waals surface area contributed by atoms with Gasteiger partial charge in [0.25, 0.3) is 0 Å². The molecule has 2 rings (SSSR count). The molecule has 0 amide bonds. The van der Waals surface area contributed by atoms with Crippen LogP contribution >= 0.6 is 11.8 Å². The third kappa shape index (κ3) is 2.91. The van der Waals surface area contributed by atoms with Gasteiger partial charge in [-0.15, -0.1) is 0 Å². The number of oxime groups is 1. The fraction of sp³-hybridized carbons (Fsp3) is 0. The standard InChI is InChI=1S/C10H9N5OS/c11-10(15-16)8-2-1-7(5-13-8)17-9-3-4-12-6-14-9/h1-6,16H,(H2,11,15). The summed E-state index contributed by atoms with van der Waals surface area (Å²) in [6, 6.07) is 5.31. The molecule has 0 aromatic carbocycles. The van der Waals surface area contributed by atoms with Gasteiger partial charge in [-0.05, 0) is 18.2 Å². The van der Waals surface area contributed by atoms with Crippen molar-refractivity contribution in [2.24, 2.45) is 10.9 Å². The van der Waals surface area contributed by atoms with Crippen LogP contribution in [0, 0.1) is 0 Å². The maximum absolute atomic E-state index is 8.49. The van der Waals surface area contributed by atoms with Gasteiger partial charge in [0.05, 0.1) is 0 Å². The molecule has 3 N–H and O–H groups in total. The van der Waals surface area contributed by atoms with E-state index < -0.39 is 0 Å². The average molecular weight is 247 g/mol. The van der Waals surface area contributed by atoms with Gasteiger partial charge in [-0.3, -0.25) is 4.98 Å². The Labute approximate surface area is 102 Å². The zero-order valence-corrected chi connectivity index (χ0v) is 9.50. The van der Waals surface area contributed by atoms with E-state index >= 15 is 0 Å².